The van der Waals surface area contributed by atoms with Gasteiger partial charge in [-0.2, -0.15) is 5.10 Å². The fourth-order valence-corrected chi connectivity index (χ4v) is 6.25. The summed E-state index contributed by atoms with van der Waals surface area (Å²) in [6.07, 6.45) is 11.7. The van der Waals surface area contributed by atoms with E-state index in [1.807, 2.05) is 11.1 Å². The monoisotopic (exact) mass is 606 g/mol. The highest BCUT2D eigenvalue weighted by atomic mass is 35.5. The van der Waals surface area contributed by atoms with Gasteiger partial charge in [-0.3, -0.25) is 19.1 Å². The van der Waals surface area contributed by atoms with E-state index in [4.69, 9.17) is 27.9 Å². The van der Waals surface area contributed by atoms with Gasteiger partial charge in [-0.05, 0) is 62.1 Å². The number of rotatable bonds is 8. The lowest BCUT2D eigenvalue weighted by atomic mass is 10.0. The second-order valence-electron chi connectivity index (χ2n) is 9.22. The Labute approximate surface area is 247 Å². The van der Waals surface area contributed by atoms with Gasteiger partial charge >= 0.3 is 0 Å². The molecule has 2 aliphatic heterocycles. The van der Waals surface area contributed by atoms with Crippen LogP contribution < -0.4 is 5.43 Å². The minimum absolute atomic E-state index is 0.0790. The number of aromatic nitrogens is 2. The number of carbonyl (C=O) groups is 1. The number of terminal acetylenes is 1. The standard InChI is InChI=1S/C26H29Cl2FN4O3S.C3H4/c1-3-19(27)12-20(28)13-33-25-18(11-17-6-8-21(29)9-7-17)15-37(35)16-23(25)24(30-33)26(34)31-32-10-4-5-22(32)14-36-2;1-3-2/h3,6-9,11-12,22H,4-5,10,13-16H2,1-2H3,(H,31,34);1H,2H3/b18-11+,19-3+,20-12+;/t22-,37?;/m1./s1. The van der Waals surface area contributed by atoms with Crippen molar-refractivity contribution in [3.63, 3.8) is 0 Å². The second kappa shape index (κ2) is 15.3. The summed E-state index contributed by atoms with van der Waals surface area (Å²) in [7, 11) is 0.389. The highest BCUT2D eigenvalue weighted by Crippen LogP contribution is 2.33. The van der Waals surface area contributed by atoms with E-state index >= 15 is 0 Å². The number of nitrogens with one attached hydrogen (secondary N) is 1. The number of fused-ring (bicyclic) bond motifs is 1. The summed E-state index contributed by atoms with van der Waals surface area (Å²) < 4.78 is 33.3. The lowest BCUT2D eigenvalue weighted by molar-refractivity contribution is 0.0606. The van der Waals surface area contributed by atoms with Crippen molar-refractivity contribution in [1.82, 2.24) is 20.2 Å². The minimum atomic E-state index is -1.25. The van der Waals surface area contributed by atoms with Crippen LogP contribution in [-0.2, 0) is 27.8 Å². The van der Waals surface area contributed by atoms with Gasteiger partial charge in [0.2, 0.25) is 0 Å². The zero-order chi connectivity index (χ0) is 29.2. The van der Waals surface area contributed by atoms with Gasteiger partial charge < -0.3 is 4.74 Å². The number of amides is 1. The molecule has 0 spiro atoms. The van der Waals surface area contributed by atoms with Gasteiger partial charge in [-0.25, -0.2) is 9.40 Å². The molecule has 0 saturated carbocycles. The summed E-state index contributed by atoms with van der Waals surface area (Å²) in [5, 5.41) is 7.42. The number of methoxy groups -OCH3 is 1. The zero-order valence-electron chi connectivity index (χ0n) is 22.8. The van der Waals surface area contributed by atoms with Crippen molar-refractivity contribution in [2.75, 3.05) is 26.0 Å². The van der Waals surface area contributed by atoms with Crippen LogP contribution in [0.2, 0.25) is 0 Å². The van der Waals surface area contributed by atoms with Gasteiger partial charge in [-0.15, -0.1) is 12.3 Å². The van der Waals surface area contributed by atoms with Gasteiger partial charge in [0.15, 0.2) is 5.69 Å². The van der Waals surface area contributed by atoms with E-state index in [1.54, 1.807) is 49.9 Å². The van der Waals surface area contributed by atoms with Crippen molar-refractivity contribution in [1.29, 1.82) is 0 Å². The fourth-order valence-electron chi connectivity index (χ4n) is 4.57. The van der Waals surface area contributed by atoms with Crippen LogP contribution in [0.15, 0.2) is 46.5 Å². The third kappa shape index (κ3) is 8.38. The number of hydrogen-bond donors (Lipinski definition) is 1. The average Bonchev–Trinajstić information content (AvgIpc) is 3.50. The van der Waals surface area contributed by atoms with Crippen LogP contribution in [-0.4, -0.2) is 57.0 Å². The summed E-state index contributed by atoms with van der Waals surface area (Å²) in [6, 6.07) is 6.12. The van der Waals surface area contributed by atoms with E-state index in [9.17, 15) is 13.4 Å². The molecule has 2 atom stereocenters. The van der Waals surface area contributed by atoms with Gasteiger partial charge in [-0.1, -0.05) is 41.4 Å². The first kappa shape index (κ1) is 31.8. The van der Waals surface area contributed by atoms with E-state index in [0.29, 0.717) is 34.5 Å². The highest BCUT2D eigenvalue weighted by molar-refractivity contribution is 7.84. The zero-order valence-corrected chi connectivity index (χ0v) is 25.1. The third-order valence-corrected chi connectivity index (χ3v) is 8.05. The van der Waals surface area contributed by atoms with Crippen LogP contribution in [0, 0.1) is 18.2 Å². The van der Waals surface area contributed by atoms with Crippen molar-refractivity contribution in [3.05, 3.63) is 74.8 Å². The molecule has 2 aliphatic rings. The summed E-state index contributed by atoms with van der Waals surface area (Å²) in [5.74, 6) is 2.00. The molecule has 1 aromatic carbocycles. The summed E-state index contributed by atoms with van der Waals surface area (Å²) >= 11 is 12.6. The number of halogens is 3. The maximum Gasteiger partial charge on any atom is 0.286 e. The van der Waals surface area contributed by atoms with Crippen molar-refractivity contribution in [2.45, 2.75) is 45.0 Å². The number of carbonyl (C=O) groups excluding carboxylic acids is 1. The van der Waals surface area contributed by atoms with E-state index in [-0.39, 0.29) is 41.5 Å². The highest BCUT2D eigenvalue weighted by Gasteiger charge is 2.33. The Balaban J connectivity index is 0.00000141. The molecule has 1 aromatic heterocycles. The first-order valence-corrected chi connectivity index (χ1v) is 15.0. The summed E-state index contributed by atoms with van der Waals surface area (Å²) in [6.45, 7) is 4.84. The van der Waals surface area contributed by atoms with Crippen LogP contribution in [0.1, 0.15) is 54.0 Å². The molecular weight excluding hydrogens is 574 g/mol. The smallest absolute Gasteiger partial charge is 0.286 e. The third-order valence-electron chi connectivity index (χ3n) is 6.25. The largest absolute Gasteiger partial charge is 0.383 e. The molecule has 2 aromatic rings. The van der Waals surface area contributed by atoms with Crippen LogP contribution in [0.4, 0.5) is 4.39 Å². The van der Waals surface area contributed by atoms with Crippen molar-refractivity contribution < 1.29 is 18.1 Å². The van der Waals surface area contributed by atoms with Crippen LogP contribution in [0.25, 0.3) is 11.6 Å². The van der Waals surface area contributed by atoms with Crippen LogP contribution in [0.5, 0.6) is 0 Å². The summed E-state index contributed by atoms with van der Waals surface area (Å²) in [4.78, 5) is 13.4. The molecule has 11 heteroatoms. The molecule has 0 radical (unpaired) electrons. The quantitative estimate of drug-likeness (QED) is 0.318. The SMILES string of the molecule is C#CC.C/C=C(Cl)\C=C(\Cl)Cn1nc(C(=O)NN2CCC[C@@H]2COC)c2c1/C(=C/c1ccc(F)cc1)CS(=O)C2. The molecule has 0 aliphatic carbocycles. The Bertz CT molecular complexity index is 1360. The Morgan fingerprint density at radius 2 is 2.02 bits per heavy atom. The van der Waals surface area contributed by atoms with Crippen molar-refractivity contribution >= 4 is 51.6 Å². The maximum atomic E-state index is 13.5. The first-order valence-electron chi connectivity index (χ1n) is 12.7. The average molecular weight is 608 g/mol. The Morgan fingerprint density at radius 3 is 2.67 bits per heavy atom. The van der Waals surface area contributed by atoms with Crippen LogP contribution in [0.3, 0.4) is 0 Å². The van der Waals surface area contributed by atoms with E-state index in [2.05, 4.69) is 22.9 Å². The molecule has 214 valence electrons. The molecule has 1 amide bonds. The molecule has 4 rings (SSSR count). The molecule has 3 heterocycles. The van der Waals surface area contributed by atoms with E-state index < -0.39 is 10.8 Å². The molecular formula is C29H33Cl2FN4O3S. The predicted molar refractivity (Wildman–Crippen MR) is 160 cm³/mol. The van der Waals surface area contributed by atoms with Gasteiger partial charge in [0.1, 0.15) is 5.82 Å². The predicted octanol–water partition coefficient (Wildman–Crippen LogP) is 5.49. The van der Waals surface area contributed by atoms with Crippen molar-refractivity contribution in [2.24, 2.45) is 0 Å². The summed E-state index contributed by atoms with van der Waals surface area (Å²) in [5.41, 5.74) is 5.95. The molecule has 40 heavy (non-hydrogen) atoms. The number of nitrogens with zero attached hydrogens (tertiary/aromatic N) is 3. The Morgan fingerprint density at radius 1 is 1.32 bits per heavy atom. The van der Waals surface area contributed by atoms with E-state index in [1.165, 1.54) is 12.1 Å². The number of hydrogen-bond acceptors (Lipinski definition) is 5. The van der Waals surface area contributed by atoms with Gasteiger partial charge in [0.25, 0.3) is 5.91 Å². The second-order valence-corrected chi connectivity index (χ2v) is 11.6. The normalized spacial score (nSPS) is 20.5. The molecule has 7 nitrogen and oxygen atoms in total. The van der Waals surface area contributed by atoms with Crippen LogP contribution >= 0.6 is 23.2 Å². The topological polar surface area (TPSA) is 76.5 Å². The number of hydrazine groups is 1. The minimum Gasteiger partial charge on any atom is -0.383 e. The fraction of sp³-hybridized carbons (Fsp3) is 0.379. The lowest BCUT2D eigenvalue weighted by Crippen LogP contribution is -2.47. The molecule has 1 N–H and O–H groups in total. The molecule has 1 saturated heterocycles. The molecule has 1 unspecified atom stereocenters. The van der Waals surface area contributed by atoms with Gasteiger partial charge in [0.05, 0.1) is 36.4 Å². The van der Waals surface area contributed by atoms with Gasteiger partial charge in [0, 0.05) is 40.1 Å². The Hall–Kier alpha value is -2.74. The lowest BCUT2D eigenvalue weighted by Gasteiger charge is -2.24. The maximum absolute atomic E-state index is 13.5. The number of ether oxygens (including phenoxy) is 1. The van der Waals surface area contributed by atoms with E-state index in [0.717, 1.165) is 24.0 Å². The number of allylic oxidation sites excluding steroid dienone is 4. The molecule has 1 fully saturated rings. The van der Waals surface area contributed by atoms with Crippen molar-refractivity contribution in [3.8, 4) is 12.3 Å². The Kier molecular flexibility index (Phi) is 12.2. The first-order chi connectivity index (χ1) is 19.2. The molecule has 0 bridgehead atoms. The number of benzene rings is 1.